The van der Waals surface area contributed by atoms with Crippen LogP contribution in [0.1, 0.15) is 12.8 Å². The summed E-state index contributed by atoms with van der Waals surface area (Å²) in [6, 6.07) is 0. The Hall–Kier alpha value is -0.130. The Kier molecular flexibility index (Phi) is 4.63. The van der Waals surface area contributed by atoms with Gasteiger partial charge in [0.05, 0.1) is 12.0 Å². The molecule has 4 nitrogen and oxygen atoms in total. The Morgan fingerprint density at radius 2 is 2.09 bits per heavy atom. The summed E-state index contributed by atoms with van der Waals surface area (Å²) in [5.41, 5.74) is -1.32. The van der Waals surface area contributed by atoms with E-state index in [1.54, 1.807) is 0 Å². The fraction of sp³-hybridized carbons (Fsp3) is 0.833. The molecular formula is C6H11BrO4. The molecular weight excluding hydrogens is 216 g/mol. The fourth-order valence-electron chi connectivity index (χ4n) is 0.692. The van der Waals surface area contributed by atoms with E-state index in [0.717, 1.165) is 0 Å². The smallest absolute Gasteiger partial charge is 0.306 e. The molecule has 0 spiro atoms. The van der Waals surface area contributed by atoms with E-state index >= 15 is 0 Å². The van der Waals surface area contributed by atoms with Crippen LogP contribution in [0.5, 0.6) is 0 Å². The van der Waals surface area contributed by atoms with E-state index in [1.165, 1.54) is 0 Å². The van der Waals surface area contributed by atoms with Gasteiger partial charge < -0.3 is 15.3 Å². The molecule has 0 aromatic rings. The molecule has 0 fully saturated rings. The lowest BCUT2D eigenvalue weighted by molar-refractivity contribution is -0.142. The van der Waals surface area contributed by atoms with Crippen molar-refractivity contribution in [2.75, 3.05) is 11.9 Å². The van der Waals surface area contributed by atoms with Crippen molar-refractivity contribution in [1.29, 1.82) is 0 Å². The van der Waals surface area contributed by atoms with Crippen molar-refractivity contribution in [3.63, 3.8) is 0 Å². The largest absolute Gasteiger partial charge is 0.481 e. The van der Waals surface area contributed by atoms with Crippen molar-refractivity contribution >= 4 is 21.9 Å². The van der Waals surface area contributed by atoms with Gasteiger partial charge in [0.1, 0.15) is 0 Å². The van der Waals surface area contributed by atoms with Gasteiger partial charge in [0.25, 0.3) is 0 Å². The Balaban J connectivity index is 3.98. The lowest BCUT2D eigenvalue weighted by Gasteiger charge is -2.22. The van der Waals surface area contributed by atoms with E-state index in [2.05, 4.69) is 15.9 Å². The van der Waals surface area contributed by atoms with E-state index in [4.69, 9.17) is 10.2 Å². The maximum absolute atomic E-state index is 10.2. The first kappa shape index (κ1) is 10.9. The summed E-state index contributed by atoms with van der Waals surface area (Å²) in [6.07, 6.45) is -0.274. The van der Waals surface area contributed by atoms with Crippen molar-refractivity contribution in [3.05, 3.63) is 0 Å². The predicted molar refractivity (Wildman–Crippen MR) is 42.7 cm³/mol. The third-order valence-corrected chi connectivity index (χ3v) is 2.35. The molecule has 0 amide bonds. The number of aliphatic hydroxyl groups excluding tert-OH is 1. The third kappa shape index (κ3) is 4.34. The van der Waals surface area contributed by atoms with Gasteiger partial charge in [-0.2, -0.15) is 0 Å². The van der Waals surface area contributed by atoms with E-state index in [-0.39, 0.29) is 24.8 Å². The van der Waals surface area contributed by atoms with Crippen LogP contribution in [0.3, 0.4) is 0 Å². The number of alkyl halides is 1. The number of rotatable bonds is 5. The van der Waals surface area contributed by atoms with Gasteiger partial charge in [0.15, 0.2) is 0 Å². The topological polar surface area (TPSA) is 77.8 Å². The van der Waals surface area contributed by atoms with Crippen LogP contribution in [0.2, 0.25) is 0 Å². The third-order valence-electron chi connectivity index (χ3n) is 1.31. The zero-order valence-corrected chi connectivity index (χ0v) is 7.54. The summed E-state index contributed by atoms with van der Waals surface area (Å²) in [5.74, 6) is -1.07. The van der Waals surface area contributed by atoms with Crippen LogP contribution >= 0.6 is 15.9 Å². The van der Waals surface area contributed by atoms with Crippen LogP contribution < -0.4 is 0 Å². The number of hydrogen-bond acceptors (Lipinski definition) is 3. The molecule has 1 atom stereocenters. The molecule has 66 valence electrons. The molecule has 0 aliphatic rings. The summed E-state index contributed by atoms with van der Waals surface area (Å²) in [7, 11) is 0. The van der Waals surface area contributed by atoms with Crippen LogP contribution in [0.25, 0.3) is 0 Å². The minimum absolute atomic E-state index is 0.0740. The van der Waals surface area contributed by atoms with E-state index < -0.39 is 11.6 Å². The van der Waals surface area contributed by atoms with Gasteiger partial charge >= 0.3 is 5.97 Å². The molecule has 0 radical (unpaired) electrons. The average molecular weight is 227 g/mol. The first-order valence-electron chi connectivity index (χ1n) is 3.15. The zero-order valence-electron chi connectivity index (χ0n) is 5.96. The van der Waals surface area contributed by atoms with Crippen molar-refractivity contribution in [1.82, 2.24) is 0 Å². The molecule has 0 bridgehead atoms. The fourth-order valence-corrected chi connectivity index (χ4v) is 1.17. The Morgan fingerprint density at radius 1 is 1.55 bits per heavy atom. The number of carboxylic acid groups (broad SMARTS) is 1. The van der Waals surface area contributed by atoms with Crippen molar-refractivity contribution in [3.8, 4) is 0 Å². The van der Waals surface area contributed by atoms with Crippen LogP contribution in [0.15, 0.2) is 0 Å². The Bertz CT molecular complexity index is 139. The van der Waals surface area contributed by atoms with E-state index in [9.17, 15) is 9.90 Å². The normalized spacial score (nSPS) is 15.9. The summed E-state index contributed by atoms with van der Waals surface area (Å²) >= 11 is 2.98. The molecule has 0 unspecified atom stereocenters. The molecule has 5 heteroatoms. The van der Waals surface area contributed by atoms with Crippen LogP contribution in [-0.2, 0) is 4.79 Å². The summed E-state index contributed by atoms with van der Waals surface area (Å²) in [6.45, 7) is -0.213. The number of hydrogen-bond donors (Lipinski definition) is 3. The monoisotopic (exact) mass is 226 g/mol. The highest BCUT2D eigenvalue weighted by Gasteiger charge is 2.27. The summed E-state index contributed by atoms with van der Waals surface area (Å²) in [5, 5.41) is 26.4. The predicted octanol–water partition coefficient (Wildman–Crippen LogP) is -0.0305. The number of halogens is 1. The maximum Gasteiger partial charge on any atom is 0.306 e. The highest BCUT2D eigenvalue weighted by molar-refractivity contribution is 9.09. The molecule has 11 heavy (non-hydrogen) atoms. The first-order chi connectivity index (χ1) is 5.04. The van der Waals surface area contributed by atoms with Crippen LogP contribution in [-0.4, -0.2) is 38.8 Å². The number of carbonyl (C=O) groups is 1. The second kappa shape index (κ2) is 4.69. The Morgan fingerprint density at radius 3 is 2.36 bits per heavy atom. The number of carboxylic acids is 1. The highest BCUT2D eigenvalue weighted by Crippen LogP contribution is 2.17. The van der Waals surface area contributed by atoms with Gasteiger partial charge in [-0.25, -0.2) is 0 Å². The molecule has 0 aliphatic heterocycles. The molecule has 0 heterocycles. The number of aliphatic carboxylic acids is 1. The Labute approximate surface area is 73.0 Å². The van der Waals surface area contributed by atoms with Gasteiger partial charge in [-0.15, -0.1) is 0 Å². The maximum atomic E-state index is 10.2. The lowest BCUT2D eigenvalue weighted by atomic mass is 9.99. The highest BCUT2D eigenvalue weighted by atomic mass is 79.9. The second-order valence-electron chi connectivity index (χ2n) is 2.40. The van der Waals surface area contributed by atoms with Crippen molar-refractivity contribution in [2.45, 2.75) is 18.4 Å². The SMILES string of the molecule is O=C(O)C[C@@](O)(CBr)CCO. The minimum atomic E-state index is -1.32. The minimum Gasteiger partial charge on any atom is -0.481 e. The molecule has 0 aliphatic carbocycles. The van der Waals surface area contributed by atoms with Crippen molar-refractivity contribution < 1.29 is 20.1 Å². The van der Waals surface area contributed by atoms with E-state index in [0.29, 0.717) is 0 Å². The molecule has 3 N–H and O–H groups in total. The standard InChI is InChI=1S/C6H11BrO4/c7-4-6(11,1-2-8)3-5(9)10/h8,11H,1-4H2,(H,9,10)/t6-/m1/s1. The van der Waals surface area contributed by atoms with Crippen LogP contribution in [0, 0.1) is 0 Å². The second-order valence-corrected chi connectivity index (χ2v) is 2.96. The molecule has 0 saturated heterocycles. The van der Waals surface area contributed by atoms with Gasteiger partial charge in [-0.3, -0.25) is 4.79 Å². The van der Waals surface area contributed by atoms with Gasteiger partial charge in [0.2, 0.25) is 0 Å². The molecule has 0 rings (SSSR count). The summed E-state index contributed by atoms with van der Waals surface area (Å²) < 4.78 is 0. The zero-order chi connectivity index (χ0) is 8.91. The quantitative estimate of drug-likeness (QED) is 0.576. The molecule has 0 saturated carbocycles. The van der Waals surface area contributed by atoms with Crippen LogP contribution in [0.4, 0.5) is 0 Å². The average Bonchev–Trinajstić information content (AvgIpc) is 1.87. The van der Waals surface area contributed by atoms with Gasteiger partial charge in [-0.1, -0.05) is 15.9 Å². The van der Waals surface area contributed by atoms with Crippen molar-refractivity contribution in [2.24, 2.45) is 0 Å². The van der Waals surface area contributed by atoms with E-state index in [1.807, 2.05) is 0 Å². The van der Waals surface area contributed by atoms with Gasteiger partial charge in [-0.05, 0) is 0 Å². The summed E-state index contributed by atoms with van der Waals surface area (Å²) in [4.78, 5) is 10.2. The lowest BCUT2D eigenvalue weighted by Crippen LogP contribution is -2.34. The van der Waals surface area contributed by atoms with Gasteiger partial charge in [0, 0.05) is 18.4 Å². The molecule has 0 aromatic carbocycles. The number of aliphatic hydroxyl groups is 2. The first-order valence-corrected chi connectivity index (χ1v) is 4.27. The molecule has 0 aromatic heterocycles.